The molecule has 1 aromatic rings. The molecule has 2 bridgehead atoms. The maximum absolute atomic E-state index is 13.9. The SMILES string of the molecule is CCOCCCN1C(=O)[C@H]2C(C(=O)Nc3cccc(Cl)c3)[C@H]3C=CC2(O3)C1C(=O)NC1CCCCC1. The Morgan fingerprint density at radius 3 is 2.78 bits per heavy atom. The molecule has 3 aliphatic heterocycles. The predicted molar refractivity (Wildman–Crippen MR) is 135 cm³/mol. The third kappa shape index (κ3) is 4.55. The number of anilines is 1. The lowest BCUT2D eigenvalue weighted by molar-refractivity contribution is -0.141. The molecule has 1 spiro atoms. The first-order chi connectivity index (χ1) is 17.4. The Balaban J connectivity index is 1.40. The first-order valence-electron chi connectivity index (χ1n) is 13.1. The van der Waals surface area contributed by atoms with Gasteiger partial charge in [-0.05, 0) is 44.4 Å². The van der Waals surface area contributed by atoms with Crippen molar-refractivity contribution in [2.75, 3.05) is 25.1 Å². The van der Waals surface area contributed by atoms with Crippen LogP contribution in [-0.4, -0.2) is 66.2 Å². The lowest BCUT2D eigenvalue weighted by Gasteiger charge is -2.34. The fourth-order valence-electron chi connectivity index (χ4n) is 6.31. The maximum atomic E-state index is 13.9. The van der Waals surface area contributed by atoms with Crippen molar-refractivity contribution in [3.8, 4) is 0 Å². The number of hydrogen-bond acceptors (Lipinski definition) is 5. The predicted octanol–water partition coefficient (Wildman–Crippen LogP) is 3.30. The van der Waals surface area contributed by atoms with E-state index in [1.807, 2.05) is 19.1 Å². The van der Waals surface area contributed by atoms with Gasteiger partial charge in [0.1, 0.15) is 11.6 Å². The van der Waals surface area contributed by atoms with Crippen LogP contribution in [0.1, 0.15) is 45.4 Å². The molecule has 3 unspecified atom stereocenters. The van der Waals surface area contributed by atoms with Crippen LogP contribution in [0.15, 0.2) is 36.4 Å². The highest BCUT2D eigenvalue weighted by Gasteiger charge is 2.72. The first-order valence-corrected chi connectivity index (χ1v) is 13.4. The molecule has 0 aromatic heterocycles. The van der Waals surface area contributed by atoms with E-state index in [2.05, 4.69) is 10.6 Å². The summed E-state index contributed by atoms with van der Waals surface area (Å²) in [4.78, 5) is 42.6. The van der Waals surface area contributed by atoms with E-state index in [9.17, 15) is 14.4 Å². The summed E-state index contributed by atoms with van der Waals surface area (Å²) < 4.78 is 11.9. The van der Waals surface area contributed by atoms with E-state index in [-0.39, 0.29) is 23.8 Å². The van der Waals surface area contributed by atoms with Crippen LogP contribution in [0.4, 0.5) is 5.69 Å². The summed E-state index contributed by atoms with van der Waals surface area (Å²) in [5.74, 6) is -2.22. The average Bonchev–Trinajstić information content (AvgIpc) is 3.50. The minimum Gasteiger partial charge on any atom is -0.382 e. The Bertz CT molecular complexity index is 1040. The van der Waals surface area contributed by atoms with Gasteiger partial charge in [-0.3, -0.25) is 14.4 Å². The van der Waals surface area contributed by atoms with Crippen LogP contribution in [0.25, 0.3) is 0 Å². The Kier molecular flexibility index (Phi) is 7.37. The molecular weight excluding hydrogens is 482 g/mol. The fraction of sp³-hybridized carbons (Fsp3) is 0.593. The number of amides is 3. The van der Waals surface area contributed by atoms with Crippen LogP contribution in [0, 0.1) is 11.8 Å². The molecule has 1 saturated carbocycles. The molecule has 3 heterocycles. The van der Waals surface area contributed by atoms with E-state index in [4.69, 9.17) is 21.1 Å². The zero-order valence-electron chi connectivity index (χ0n) is 20.6. The summed E-state index contributed by atoms with van der Waals surface area (Å²) in [6.07, 6.45) is 8.95. The molecule has 2 saturated heterocycles. The minimum atomic E-state index is -1.15. The molecule has 4 aliphatic rings. The van der Waals surface area contributed by atoms with E-state index >= 15 is 0 Å². The summed E-state index contributed by atoms with van der Waals surface area (Å²) in [6, 6.07) is 6.18. The molecular formula is C27H34ClN3O5. The van der Waals surface area contributed by atoms with Gasteiger partial charge in [-0.15, -0.1) is 0 Å². The van der Waals surface area contributed by atoms with Gasteiger partial charge in [0.15, 0.2) is 0 Å². The summed E-state index contributed by atoms with van der Waals surface area (Å²) in [5.41, 5.74) is -0.596. The molecule has 36 heavy (non-hydrogen) atoms. The molecule has 9 heteroatoms. The zero-order valence-corrected chi connectivity index (χ0v) is 21.3. The number of ether oxygens (including phenoxy) is 2. The Morgan fingerprint density at radius 2 is 2.03 bits per heavy atom. The van der Waals surface area contributed by atoms with Crippen molar-refractivity contribution in [3.05, 3.63) is 41.4 Å². The highest BCUT2D eigenvalue weighted by Crippen LogP contribution is 2.55. The van der Waals surface area contributed by atoms with Crippen molar-refractivity contribution >= 4 is 35.0 Å². The lowest BCUT2D eigenvalue weighted by Crippen LogP contribution is -2.56. The van der Waals surface area contributed by atoms with Crippen molar-refractivity contribution in [3.63, 3.8) is 0 Å². The Hall–Kier alpha value is -2.42. The third-order valence-corrected chi connectivity index (χ3v) is 8.10. The second kappa shape index (κ2) is 10.5. The van der Waals surface area contributed by atoms with E-state index in [1.165, 1.54) is 6.42 Å². The van der Waals surface area contributed by atoms with Crippen molar-refractivity contribution in [2.24, 2.45) is 11.8 Å². The second-order valence-corrected chi connectivity index (χ2v) is 10.6. The van der Waals surface area contributed by atoms with Gasteiger partial charge >= 0.3 is 0 Å². The number of carbonyl (C=O) groups excluding carboxylic acids is 3. The lowest BCUT2D eigenvalue weighted by atomic mass is 9.74. The normalized spacial score (nSPS) is 31.1. The van der Waals surface area contributed by atoms with E-state index < -0.39 is 29.6 Å². The minimum absolute atomic E-state index is 0.103. The molecule has 3 fully saturated rings. The van der Waals surface area contributed by atoms with Crippen molar-refractivity contribution in [1.29, 1.82) is 0 Å². The highest BCUT2D eigenvalue weighted by molar-refractivity contribution is 6.30. The van der Waals surface area contributed by atoms with E-state index in [0.29, 0.717) is 36.9 Å². The monoisotopic (exact) mass is 515 g/mol. The van der Waals surface area contributed by atoms with Crippen LogP contribution < -0.4 is 10.6 Å². The summed E-state index contributed by atoms with van der Waals surface area (Å²) in [5, 5.41) is 6.60. The number of halogens is 1. The van der Waals surface area contributed by atoms with Gasteiger partial charge in [0.25, 0.3) is 0 Å². The van der Waals surface area contributed by atoms with Gasteiger partial charge in [0.05, 0.1) is 17.9 Å². The van der Waals surface area contributed by atoms with E-state index in [1.54, 1.807) is 29.2 Å². The van der Waals surface area contributed by atoms with Crippen molar-refractivity contribution < 1.29 is 23.9 Å². The molecule has 8 nitrogen and oxygen atoms in total. The maximum Gasteiger partial charge on any atom is 0.246 e. The average molecular weight is 516 g/mol. The number of likely N-dealkylation sites (tertiary alicyclic amines) is 1. The van der Waals surface area contributed by atoms with Crippen molar-refractivity contribution in [1.82, 2.24) is 10.2 Å². The largest absolute Gasteiger partial charge is 0.382 e. The summed E-state index contributed by atoms with van der Waals surface area (Å²) in [7, 11) is 0. The Morgan fingerprint density at radius 1 is 1.22 bits per heavy atom. The molecule has 1 aliphatic carbocycles. The van der Waals surface area contributed by atoms with Crippen LogP contribution in [0.2, 0.25) is 5.02 Å². The highest BCUT2D eigenvalue weighted by atomic mass is 35.5. The molecule has 5 rings (SSSR count). The molecule has 3 amide bonds. The summed E-state index contributed by atoms with van der Waals surface area (Å²) >= 11 is 6.08. The quantitative estimate of drug-likeness (QED) is 0.388. The number of nitrogens with one attached hydrogen (secondary N) is 2. The number of rotatable bonds is 9. The molecule has 5 atom stereocenters. The molecule has 194 valence electrons. The number of fused-ring (bicyclic) bond motifs is 1. The van der Waals surface area contributed by atoms with Crippen LogP contribution in [0.5, 0.6) is 0 Å². The second-order valence-electron chi connectivity index (χ2n) is 10.1. The van der Waals surface area contributed by atoms with Gasteiger partial charge in [0.2, 0.25) is 17.7 Å². The van der Waals surface area contributed by atoms with Gasteiger partial charge in [-0.1, -0.05) is 49.1 Å². The fourth-order valence-corrected chi connectivity index (χ4v) is 6.50. The van der Waals surface area contributed by atoms with Gasteiger partial charge in [-0.25, -0.2) is 0 Å². The van der Waals surface area contributed by atoms with Crippen molar-refractivity contribution in [2.45, 2.75) is 69.2 Å². The van der Waals surface area contributed by atoms with Crippen LogP contribution >= 0.6 is 11.6 Å². The third-order valence-electron chi connectivity index (χ3n) is 7.86. The molecule has 0 radical (unpaired) electrons. The van der Waals surface area contributed by atoms with E-state index in [0.717, 1.165) is 25.7 Å². The number of nitrogens with zero attached hydrogens (tertiary/aromatic N) is 1. The topological polar surface area (TPSA) is 97.0 Å². The number of benzene rings is 1. The first kappa shape index (κ1) is 25.2. The number of carbonyl (C=O) groups is 3. The van der Waals surface area contributed by atoms with Gasteiger partial charge in [0, 0.05) is 36.5 Å². The van der Waals surface area contributed by atoms with Gasteiger partial charge < -0.3 is 25.0 Å². The van der Waals surface area contributed by atoms with Crippen LogP contribution in [0.3, 0.4) is 0 Å². The van der Waals surface area contributed by atoms with Crippen LogP contribution in [-0.2, 0) is 23.9 Å². The molecule has 1 aromatic carbocycles. The summed E-state index contributed by atoms with van der Waals surface area (Å²) in [6.45, 7) is 3.37. The Labute approximate surface area is 216 Å². The molecule has 2 N–H and O–H groups in total. The smallest absolute Gasteiger partial charge is 0.246 e. The van der Waals surface area contributed by atoms with Gasteiger partial charge in [-0.2, -0.15) is 0 Å². The number of hydrogen-bond donors (Lipinski definition) is 2. The zero-order chi connectivity index (χ0) is 25.3. The standard InChI is InChI=1S/C27H34ClN3O5/c1-2-35-15-7-14-31-23(25(33)29-18-9-4-3-5-10-18)27-13-12-20(36-27)21(22(27)26(31)34)24(32)30-19-11-6-8-17(28)16-19/h6,8,11-13,16,18,20-23H,2-5,7,9-10,14-15H2,1H3,(H,29,33)(H,30,32)/t20-,21?,22-,23?,27?/m1/s1.